The number of hydrogen-bond donors (Lipinski definition) is 1. The summed E-state index contributed by atoms with van der Waals surface area (Å²) in [5.41, 5.74) is -2.58. The van der Waals surface area contributed by atoms with E-state index in [1.54, 1.807) is 52.7 Å². The number of carbonyl (C=O) groups excluding carboxylic acids is 1. The summed E-state index contributed by atoms with van der Waals surface area (Å²) in [4.78, 5) is 16.5. The minimum atomic E-state index is -1.41. The Morgan fingerprint density at radius 3 is 2.36 bits per heavy atom. The number of fused-ring (bicyclic) bond motifs is 2. The van der Waals surface area contributed by atoms with Gasteiger partial charge in [-0.05, 0) is 50.1 Å². The van der Waals surface area contributed by atoms with E-state index < -0.39 is 34.8 Å². The van der Waals surface area contributed by atoms with Crippen molar-refractivity contribution in [1.82, 2.24) is 4.90 Å². The van der Waals surface area contributed by atoms with E-state index in [9.17, 15) is 9.90 Å². The van der Waals surface area contributed by atoms with Crippen LogP contribution in [0.5, 0.6) is 5.75 Å². The number of nitrogens with zero attached hydrogens (tertiary/aromatic N) is 1. The molecule has 5 aliphatic carbocycles. The molecule has 10 heteroatoms. The number of hydrogen-bond acceptors (Lipinski definition) is 10. The lowest BCUT2D eigenvalue weighted by Crippen LogP contribution is -2.76. The number of likely N-dealkylation sites (tertiary alicyclic amines) is 1. The zero-order valence-corrected chi connectivity index (χ0v) is 27.6. The topological polar surface area (TPSA) is 105 Å². The van der Waals surface area contributed by atoms with Crippen molar-refractivity contribution in [3.63, 3.8) is 0 Å². The zero-order chi connectivity index (χ0) is 31.9. The largest absolute Gasteiger partial charge is 0.497 e. The molecular formula is C35H49NO9. The van der Waals surface area contributed by atoms with E-state index in [0.29, 0.717) is 37.4 Å². The van der Waals surface area contributed by atoms with Crippen molar-refractivity contribution in [2.24, 2.45) is 34.5 Å². The molecule has 1 heterocycles. The summed E-state index contributed by atoms with van der Waals surface area (Å²) in [7, 11) is 8.60. The Kier molecular flexibility index (Phi) is 7.71. The van der Waals surface area contributed by atoms with Crippen molar-refractivity contribution < 1.29 is 43.1 Å². The van der Waals surface area contributed by atoms with Crippen molar-refractivity contribution >= 4 is 5.97 Å². The van der Waals surface area contributed by atoms with Gasteiger partial charge in [-0.25, -0.2) is 4.79 Å². The van der Waals surface area contributed by atoms with Gasteiger partial charge in [0.15, 0.2) is 0 Å². The Morgan fingerprint density at radius 1 is 1.00 bits per heavy atom. The molecule has 248 valence electrons. The third-order valence-electron chi connectivity index (χ3n) is 12.9. The fourth-order valence-corrected chi connectivity index (χ4v) is 12.0. The standard InChI is InChI=1S/C35H49NO9/c1-8-36-18-32(19-39-3)15-14-23(41-5)35-22-16-33(38)24(42-6)17-34(44-9-2,26(29(35)36)27(43-7)28(32)35)25(22)30(33)45-31(37)20-10-12-21(40-4)13-11-20/h10-15,22-30,38H,8-9,16-19H2,1-7H3/t22-,23+,24-,25-,26+,27+,28-,29-,30-,32+,33+,34-,35+/m1/s1. The Balaban J connectivity index is 1.45. The first-order valence-electron chi connectivity index (χ1n) is 16.4. The molecule has 0 aromatic heterocycles. The molecular weight excluding hydrogens is 578 g/mol. The Morgan fingerprint density at radius 2 is 1.76 bits per heavy atom. The lowest BCUT2D eigenvalue weighted by molar-refractivity contribution is -0.283. The SMILES string of the molecule is CCO[C@]12C[C@@H](OC)[C@@]3(O)C[C@H]([C@@H]1[C@H]3OC(=O)c1ccc(OC)cc1)[C@@]13[C@@H](OC)C=C[C@@]4(COC)CN(CC)[C@@H]1[C@@H]2[C@H](OC)[C@H]43. The van der Waals surface area contributed by atoms with Crippen molar-refractivity contribution in [2.45, 2.75) is 68.3 Å². The van der Waals surface area contributed by atoms with Crippen LogP contribution in [0.15, 0.2) is 36.4 Å². The summed E-state index contributed by atoms with van der Waals surface area (Å²) < 4.78 is 44.1. The molecule has 1 aromatic carbocycles. The van der Waals surface area contributed by atoms with Crippen LogP contribution in [0.3, 0.4) is 0 Å². The molecule has 0 unspecified atom stereocenters. The van der Waals surface area contributed by atoms with E-state index >= 15 is 0 Å². The highest BCUT2D eigenvalue weighted by Gasteiger charge is 2.88. The Hall–Kier alpha value is -2.05. The number of benzene rings is 1. The van der Waals surface area contributed by atoms with Gasteiger partial charge in [-0.3, -0.25) is 4.90 Å². The van der Waals surface area contributed by atoms with Crippen LogP contribution in [0.4, 0.5) is 0 Å². The van der Waals surface area contributed by atoms with Crippen LogP contribution in [-0.2, 0) is 28.4 Å². The van der Waals surface area contributed by atoms with Crippen LogP contribution < -0.4 is 4.74 Å². The zero-order valence-electron chi connectivity index (χ0n) is 27.6. The van der Waals surface area contributed by atoms with Crippen molar-refractivity contribution in [2.75, 3.05) is 61.9 Å². The van der Waals surface area contributed by atoms with Crippen LogP contribution in [0.2, 0.25) is 0 Å². The summed E-state index contributed by atoms with van der Waals surface area (Å²) in [6, 6.07) is 6.93. The first-order chi connectivity index (χ1) is 21.7. The van der Waals surface area contributed by atoms with Gasteiger partial charge in [-0.1, -0.05) is 19.1 Å². The van der Waals surface area contributed by atoms with Gasteiger partial charge in [0.1, 0.15) is 17.5 Å². The highest BCUT2D eigenvalue weighted by Crippen LogP contribution is 2.79. The van der Waals surface area contributed by atoms with Crippen LogP contribution in [0, 0.1) is 34.5 Å². The maximum atomic E-state index is 13.9. The van der Waals surface area contributed by atoms with Gasteiger partial charge in [0.25, 0.3) is 0 Å². The second-order valence-corrected chi connectivity index (χ2v) is 14.1. The molecule has 1 spiro atoms. The summed E-state index contributed by atoms with van der Waals surface area (Å²) in [5, 5.41) is 12.8. The summed E-state index contributed by atoms with van der Waals surface area (Å²) in [6.45, 7) is 6.93. The molecule has 1 aliphatic heterocycles. The molecule has 7 bridgehead atoms. The molecule has 1 aromatic rings. The van der Waals surface area contributed by atoms with Gasteiger partial charge in [-0.2, -0.15) is 0 Å². The fraction of sp³-hybridized carbons (Fsp3) is 0.743. The van der Waals surface area contributed by atoms with Gasteiger partial charge >= 0.3 is 5.97 Å². The molecule has 7 rings (SSSR count). The van der Waals surface area contributed by atoms with E-state index in [-0.39, 0.29) is 47.3 Å². The predicted molar refractivity (Wildman–Crippen MR) is 164 cm³/mol. The molecule has 4 saturated carbocycles. The molecule has 1 saturated heterocycles. The first-order valence-corrected chi connectivity index (χ1v) is 16.4. The molecule has 1 N–H and O–H groups in total. The second kappa shape index (κ2) is 11.0. The molecule has 6 aliphatic rings. The van der Waals surface area contributed by atoms with Gasteiger partial charge in [-0.15, -0.1) is 0 Å². The lowest BCUT2D eigenvalue weighted by Gasteiger charge is -2.68. The van der Waals surface area contributed by atoms with Crippen molar-refractivity contribution in [3.05, 3.63) is 42.0 Å². The average Bonchev–Trinajstić information content (AvgIpc) is 3.42. The maximum Gasteiger partial charge on any atom is 0.338 e. The van der Waals surface area contributed by atoms with Crippen LogP contribution in [0.25, 0.3) is 0 Å². The Labute approximate surface area is 266 Å². The number of esters is 1. The van der Waals surface area contributed by atoms with Crippen LogP contribution in [-0.4, -0.2) is 119 Å². The highest BCUT2D eigenvalue weighted by molar-refractivity contribution is 5.89. The lowest BCUT2D eigenvalue weighted by atomic mass is 9.44. The van der Waals surface area contributed by atoms with E-state index in [1.807, 2.05) is 14.0 Å². The summed E-state index contributed by atoms with van der Waals surface area (Å²) in [6.07, 6.45) is 3.56. The quantitative estimate of drug-likeness (QED) is 0.291. The van der Waals surface area contributed by atoms with Gasteiger partial charge in [0.2, 0.25) is 0 Å². The number of ether oxygens (including phenoxy) is 7. The first kappa shape index (κ1) is 31.5. The smallest absolute Gasteiger partial charge is 0.338 e. The minimum absolute atomic E-state index is 0.0388. The van der Waals surface area contributed by atoms with Crippen LogP contribution >= 0.6 is 0 Å². The molecule has 5 fully saturated rings. The van der Waals surface area contributed by atoms with Crippen LogP contribution in [0.1, 0.15) is 37.0 Å². The number of piperidine rings is 1. The minimum Gasteiger partial charge on any atom is -0.497 e. The fourth-order valence-electron chi connectivity index (χ4n) is 12.0. The third-order valence-corrected chi connectivity index (χ3v) is 12.9. The molecule has 0 radical (unpaired) electrons. The van der Waals surface area contributed by atoms with E-state index in [4.69, 9.17) is 33.2 Å². The third kappa shape index (κ3) is 3.79. The second-order valence-electron chi connectivity index (χ2n) is 14.1. The number of aliphatic hydroxyl groups is 1. The van der Waals surface area contributed by atoms with Crippen molar-refractivity contribution in [3.8, 4) is 5.75 Å². The number of rotatable bonds is 11. The molecule has 13 atom stereocenters. The highest BCUT2D eigenvalue weighted by atomic mass is 16.6. The average molecular weight is 628 g/mol. The summed E-state index contributed by atoms with van der Waals surface area (Å²) in [5.74, 6) is -0.310. The molecule has 0 amide bonds. The monoisotopic (exact) mass is 627 g/mol. The Bertz CT molecular complexity index is 1320. The van der Waals surface area contributed by atoms with E-state index in [0.717, 1.165) is 13.1 Å². The van der Waals surface area contributed by atoms with Crippen molar-refractivity contribution in [1.29, 1.82) is 0 Å². The summed E-state index contributed by atoms with van der Waals surface area (Å²) >= 11 is 0. The van der Waals surface area contributed by atoms with Gasteiger partial charge < -0.3 is 38.3 Å². The van der Waals surface area contributed by atoms with Gasteiger partial charge in [0.05, 0.1) is 43.2 Å². The molecule has 45 heavy (non-hydrogen) atoms. The predicted octanol–water partition coefficient (Wildman–Crippen LogP) is 2.96. The van der Waals surface area contributed by atoms with E-state index in [2.05, 4.69) is 24.0 Å². The number of methoxy groups -OCH3 is 5. The number of carbonyl (C=O) groups is 1. The van der Waals surface area contributed by atoms with Gasteiger partial charge in [0, 0.05) is 82.6 Å². The van der Waals surface area contributed by atoms with E-state index in [1.165, 1.54) is 0 Å². The molecule has 10 nitrogen and oxygen atoms in total. The maximum absolute atomic E-state index is 13.9. The normalized spacial score (nSPS) is 47.2.